The maximum Gasteiger partial charge on any atom is 0.159 e. The van der Waals surface area contributed by atoms with Gasteiger partial charge in [-0.2, -0.15) is 0 Å². The van der Waals surface area contributed by atoms with Crippen LogP contribution in [-0.2, 0) is 12.1 Å². The van der Waals surface area contributed by atoms with Crippen LogP contribution in [0.5, 0.6) is 0 Å². The van der Waals surface area contributed by atoms with Gasteiger partial charge in [0.15, 0.2) is 11.5 Å². The minimum Gasteiger partial charge on any atom is -0.342 e. The van der Waals surface area contributed by atoms with Crippen molar-refractivity contribution in [2.45, 2.75) is 25.4 Å². The molecule has 0 saturated carbocycles. The van der Waals surface area contributed by atoms with Crippen molar-refractivity contribution >= 4 is 39.3 Å². The standard InChI is InChI=1S/C46H35N3/c1-46(48-44(31-14-4-2-5-15-31)47-45(49-46)32-16-6-3-7-17-32)37-21-13-20-35(29-37)33-18-12-19-34(28-33)36-26-27-42-40-24-9-8-22-38(40)39-23-10-11-25-41(39)43(42)30-36/h2-9,11-22,24-30H,10,23H2,1H3,(H,47,48,49). The Kier molecular flexibility index (Phi) is 7.05. The number of allylic oxidation sites excluding steroid dienone is 1. The summed E-state index contributed by atoms with van der Waals surface area (Å²) in [6, 6.07) is 54.0. The number of benzene rings is 7. The smallest absolute Gasteiger partial charge is 0.159 e. The highest BCUT2D eigenvalue weighted by molar-refractivity contribution is 6.14. The first-order valence-electron chi connectivity index (χ1n) is 17.1. The molecule has 0 bridgehead atoms. The van der Waals surface area contributed by atoms with Crippen molar-refractivity contribution in [1.29, 1.82) is 0 Å². The van der Waals surface area contributed by atoms with E-state index in [1.807, 2.05) is 36.4 Å². The van der Waals surface area contributed by atoms with E-state index in [2.05, 4.69) is 140 Å². The topological polar surface area (TPSA) is 36.8 Å². The molecule has 1 heterocycles. The highest BCUT2D eigenvalue weighted by Gasteiger charge is 2.32. The zero-order chi connectivity index (χ0) is 32.8. The molecule has 9 rings (SSSR count). The highest BCUT2D eigenvalue weighted by atomic mass is 15.2. The van der Waals surface area contributed by atoms with Crippen molar-refractivity contribution in [2.24, 2.45) is 9.98 Å². The number of hydrogen-bond acceptors (Lipinski definition) is 3. The van der Waals surface area contributed by atoms with Crippen LogP contribution < -0.4 is 5.32 Å². The van der Waals surface area contributed by atoms with Crippen molar-refractivity contribution < 1.29 is 0 Å². The maximum atomic E-state index is 5.23. The van der Waals surface area contributed by atoms with Crippen molar-refractivity contribution in [1.82, 2.24) is 5.32 Å². The summed E-state index contributed by atoms with van der Waals surface area (Å²) in [7, 11) is 0. The molecule has 0 spiro atoms. The van der Waals surface area contributed by atoms with E-state index >= 15 is 0 Å². The second kappa shape index (κ2) is 11.9. The lowest BCUT2D eigenvalue weighted by atomic mass is 9.85. The Bertz CT molecular complexity index is 2470. The minimum absolute atomic E-state index is 0.717. The first-order valence-corrected chi connectivity index (χ1v) is 17.1. The van der Waals surface area contributed by atoms with Crippen molar-refractivity contribution in [3.8, 4) is 22.3 Å². The molecule has 7 aromatic carbocycles. The lowest BCUT2D eigenvalue weighted by Gasteiger charge is -2.33. The van der Waals surface area contributed by atoms with Gasteiger partial charge in [-0.1, -0.05) is 146 Å². The second-order valence-electron chi connectivity index (χ2n) is 13.1. The average Bonchev–Trinajstić information content (AvgIpc) is 3.18. The summed E-state index contributed by atoms with van der Waals surface area (Å²) in [6.45, 7) is 2.14. The van der Waals surface area contributed by atoms with Crippen LogP contribution in [0.1, 0.15) is 41.2 Å². The quantitative estimate of drug-likeness (QED) is 0.189. The number of fused-ring (bicyclic) bond motifs is 6. The third-order valence-corrected chi connectivity index (χ3v) is 9.96. The fraction of sp³-hybridized carbons (Fsp3) is 0.0870. The molecule has 1 atom stereocenters. The first-order chi connectivity index (χ1) is 24.1. The predicted octanol–water partition coefficient (Wildman–Crippen LogP) is 11.0. The molecule has 7 aromatic rings. The first kappa shape index (κ1) is 29.1. The molecule has 1 aliphatic carbocycles. The third kappa shape index (κ3) is 5.25. The van der Waals surface area contributed by atoms with Crippen LogP contribution in [0.3, 0.4) is 0 Å². The van der Waals surface area contributed by atoms with Crippen molar-refractivity contribution in [2.75, 3.05) is 0 Å². The monoisotopic (exact) mass is 629 g/mol. The normalized spacial score (nSPS) is 16.9. The van der Waals surface area contributed by atoms with E-state index in [4.69, 9.17) is 9.98 Å². The van der Waals surface area contributed by atoms with Crippen LogP contribution >= 0.6 is 0 Å². The molecular formula is C46H35N3. The van der Waals surface area contributed by atoms with E-state index in [0.717, 1.165) is 40.9 Å². The van der Waals surface area contributed by atoms with Gasteiger partial charge < -0.3 is 5.32 Å². The summed E-state index contributed by atoms with van der Waals surface area (Å²) < 4.78 is 0. The van der Waals surface area contributed by atoms with Crippen LogP contribution in [0, 0.1) is 0 Å². The van der Waals surface area contributed by atoms with Crippen molar-refractivity contribution in [3.63, 3.8) is 0 Å². The van der Waals surface area contributed by atoms with Crippen molar-refractivity contribution in [3.05, 3.63) is 186 Å². The molecule has 0 fully saturated rings. The van der Waals surface area contributed by atoms with E-state index in [1.165, 1.54) is 49.4 Å². The van der Waals surface area contributed by atoms with Crippen LogP contribution in [0.25, 0.3) is 49.9 Å². The molecule has 3 nitrogen and oxygen atoms in total. The van der Waals surface area contributed by atoms with Gasteiger partial charge in [0, 0.05) is 11.1 Å². The molecule has 0 amide bonds. The molecule has 234 valence electrons. The van der Waals surface area contributed by atoms with E-state index in [0.29, 0.717) is 5.84 Å². The maximum absolute atomic E-state index is 5.23. The fourth-order valence-electron chi connectivity index (χ4n) is 7.45. The summed E-state index contributed by atoms with van der Waals surface area (Å²) in [5.41, 5.74) is 9.96. The number of aryl methyl sites for hydroxylation is 1. The molecule has 0 saturated heterocycles. The molecule has 1 aliphatic heterocycles. The number of hydrogen-bond donors (Lipinski definition) is 1. The van der Waals surface area contributed by atoms with Gasteiger partial charge in [-0.3, -0.25) is 0 Å². The van der Waals surface area contributed by atoms with Gasteiger partial charge >= 0.3 is 0 Å². The van der Waals surface area contributed by atoms with Gasteiger partial charge in [0.1, 0.15) is 5.84 Å². The summed E-state index contributed by atoms with van der Waals surface area (Å²) in [5.74, 6) is 1.53. The summed E-state index contributed by atoms with van der Waals surface area (Å²) >= 11 is 0. The second-order valence-corrected chi connectivity index (χ2v) is 13.1. The minimum atomic E-state index is -0.723. The number of aliphatic imine (C=N–C) groups is 2. The van der Waals surface area contributed by atoms with Crippen LogP contribution in [0.15, 0.2) is 168 Å². The lowest BCUT2D eigenvalue weighted by Crippen LogP contribution is -2.46. The van der Waals surface area contributed by atoms with Gasteiger partial charge in [-0.25, -0.2) is 9.98 Å². The molecule has 2 aliphatic rings. The number of amidine groups is 2. The zero-order valence-electron chi connectivity index (χ0n) is 27.4. The molecule has 1 unspecified atom stereocenters. The molecule has 0 radical (unpaired) electrons. The SMILES string of the molecule is CC1(c2cccc(-c3cccc(-c4ccc5c(c4)c4c(c6ccccc65)CCC=C4)c3)c2)N=C(c2ccccc2)N=C(c2ccccc2)N1. The third-order valence-electron chi connectivity index (χ3n) is 9.96. The Morgan fingerprint density at radius 2 is 1.14 bits per heavy atom. The van der Waals surface area contributed by atoms with Crippen LogP contribution in [0.4, 0.5) is 0 Å². The van der Waals surface area contributed by atoms with Gasteiger partial charge in [0.2, 0.25) is 0 Å². The lowest BCUT2D eigenvalue weighted by molar-refractivity contribution is 0.455. The number of rotatable bonds is 5. The Hall–Kier alpha value is -6.06. The number of nitrogens with zero attached hydrogens (tertiary/aromatic N) is 2. The van der Waals surface area contributed by atoms with Crippen LogP contribution in [0.2, 0.25) is 0 Å². The molecule has 3 heteroatoms. The highest BCUT2D eigenvalue weighted by Crippen LogP contribution is 2.39. The predicted molar refractivity (Wildman–Crippen MR) is 206 cm³/mol. The van der Waals surface area contributed by atoms with Gasteiger partial charge in [0.25, 0.3) is 0 Å². The fourth-order valence-corrected chi connectivity index (χ4v) is 7.45. The van der Waals surface area contributed by atoms with Crippen LogP contribution in [-0.4, -0.2) is 11.7 Å². The molecular weight excluding hydrogens is 595 g/mol. The summed E-state index contributed by atoms with van der Waals surface area (Å²) in [5, 5.41) is 9.05. The van der Waals surface area contributed by atoms with E-state index in [9.17, 15) is 0 Å². The number of nitrogens with one attached hydrogen (secondary N) is 1. The van der Waals surface area contributed by atoms with E-state index in [-0.39, 0.29) is 0 Å². The zero-order valence-corrected chi connectivity index (χ0v) is 27.4. The Balaban J connectivity index is 1.11. The Labute approximate surface area is 287 Å². The summed E-state index contributed by atoms with van der Waals surface area (Å²) in [4.78, 5) is 10.2. The Morgan fingerprint density at radius 3 is 1.92 bits per heavy atom. The van der Waals surface area contributed by atoms with Gasteiger partial charge in [0.05, 0.1) is 0 Å². The molecule has 0 aromatic heterocycles. The van der Waals surface area contributed by atoms with Gasteiger partial charge in [-0.05, 0) is 98.5 Å². The van der Waals surface area contributed by atoms with E-state index < -0.39 is 5.66 Å². The Morgan fingerprint density at radius 1 is 0.531 bits per heavy atom. The molecule has 1 N–H and O–H groups in total. The average molecular weight is 630 g/mol. The largest absolute Gasteiger partial charge is 0.342 e. The summed E-state index contributed by atoms with van der Waals surface area (Å²) in [6.07, 6.45) is 6.83. The van der Waals surface area contributed by atoms with Gasteiger partial charge in [-0.15, -0.1) is 0 Å². The molecule has 49 heavy (non-hydrogen) atoms. The van der Waals surface area contributed by atoms with E-state index in [1.54, 1.807) is 0 Å².